The molecule has 2 aromatic rings. The van der Waals surface area contributed by atoms with Crippen LogP contribution in [-0.4, -0.2) is 29.6 Å². The first-order chi connectivity index (χ1) is 12.4. The maximum Gasteiger partial charge on any atom is 0.0856 e. The van der Waals surface area contributed by atoms with E-state index < -0.39 is 10.4 Å². The van der Waals surface area contributed by atoms with E-state index in [9.17, 15) is 0 Å². The van der Waals surface area contributed by atoms with Crippen LogP contribution in [-0.2, 0) is 23.2 Å². The van der Waals surface area contributed by atoms with Gasteiger partial charge in [-0.05, 0) is 49.9 Å². The van der Waals surface area contributed by atoms with Crippen LogP contribution in [0.25, 0.3) is 0 Å². The summed E-state index contributed by atoms with van der Waals surface area (Å²) >= 11 is 0. The minimum Gasteiger partial charge on any atom is -0.759 e. The van der Waals surface area contributed by atoms with Crippen molar-refractivity contribution in [2.24, 2.45) is 0 Å². The lowest BCUT2D eigenvalue weighted by atomic mass is 10.0. The molecule has 0 saturated heterocycles. The van der Waals surface area contributed by atoms with Crippen molar-refractivity contribution in [1.82, 2.24) is 0 Å². The van der Waals surface area contributed by atoms with Gasteiger partial charge in [-0.15, -0.1) is 0 Å². The number of rotatable bonds is 4. The summed E-state index contributed by atoms with van der Waals surface area (Å²) in [6.45, 7) is 8.59. The number of hydrogen-bond acceptors (Lipinski definition) is 4. The fourth-order valence-corrected chi connectivity index (χ4v) is 2.43. The van der Waals surface area contributed by atoms with Crippen molar-refractivity contribution in [3.63, 3.8) is 0 Å². The van der Waals surface area contributed by atoms with Crippen LogP contribution < -0.4 is 11.5 Å². The highest BCUT2D eigenvalue weighted by atomic mass is 32.3. The molecule has 0 aliphatic carbocycles. The Balaban J connectivity index is 0.000000405. The molecular formula is C20H32N2O4S. The smallest absolute Gasteiger partial charge is 0.0856 e. The van der Waals surface area contributed by atoms with Gasteiger partial charge in [-0.1, -0.05) is 48.5 Å². The topological polar surface area (TPSA) is 136 Å². The SMILES string of the molecule is Cc1ccccc1CC(C)[NH3+].Cc1ccccc1CC(C)[NH3+].O=S(=O)([O-])[O-]. The molecule has 0 radical (unpaired) electrons. The Hall–Kier alpha value is -1.77. The maximum atomic E-state index is 8.52. The Morgan fingerprint density at radius 2 is 1.04 bits per heavy atom. The van der Waals surface area contributed by atoms with Gasteiger partial charge in [0.1, 0.15) is 0 Å². The minimum absolute atomic E-state index is 0.510. The van der Waals surface area contributed by atoms with Crippen LogP contribution in [0.2, 0.25) is 0 Å². The van der Waals surface area contributed by atoms with Crippen LogP contribution in [0.4, 0.5) is 0 Å². The van der Waals surface area contributed by atoms with E-state index in [0.717, 1.165) is 12.8 Å². The number of quaternary nitrogens is 2. The van der Waals surface area contributed by atoms with Gasteiger partial charge in [0, 0.05) is 23.2 Å². The molecule has 0 amide bonds. The molecule has 0 saturated carbocycles. The number of benzene rings is 2. The van der Waals surface area contributed by atoms with Crippen molar-refractivity contribution in [1.29, 1.82) is 0 Å². The molecule has 0 fully saturated rings. The lowest BCUT2D eigenvalue weighted by molar-refractivity contribution is -0.413. The summed E-state index contributed by atoms with van der Waals surface area (Å²) in [6.07, 6.45) is 2.18. The van der Waals surface area contributed by atoms with Gasteiger partial charge in [-0.25, -0.2) is 0 Å². The summed E-state index contributed by atoms with van der Waals surface area (Å²) in [5.74, 6) is 0. The third kappa shape index (κ3) is 15.0. The van der Waals surface area contributed by atoms with E-state index in [2.05, 4.69) is 87.7 Å². The Labute approximate surface area is 163 Å². The second-order valence-electron chi connectivity index (χ2n) is 6.88. The second kappa shape index (κ2) is 12.6. The number of hydrogen-bond donors (Lipinski definition) is 2. The molecule has 6 N–H and O–H groups in total. The molecule has 2 atom stereocenters. The van der Waals surface area contributed by atoms with Crippen LogP contribution in [0.3, 0.4) is 0 Å². The van der Waals surface area contributed by atoms with E-state index in [1.807, 2.05) is 0 Å². The van der Waals surface area contributed by atoms with Crippen molar-refractivity contribution in [2.45, 2.75) is 52.6 Å². The molecule has 0 heterocycles. The second-order valence-corrected chi connectivity index (χ2v) is 7.70. The highest BCUT2D eigenvalue weighted by molar-refractivity contribution is 7.79. The summed E-state index contributed by atoms with van der Waals surface area (Å²) in [5.41, 5.74) is 13.6. The van der Waals surface area contributed by atoms with Gasteiger partial charge < -0.3 is 20.6 Å². The zero-order valence-corrected chi connectivity index (χ0v) is 17.5. The third-order valence-corrected chi connectivity index (χ3v) is 3.66. The molecular weight excluding hydrogens is 364 g/mol. The first-order valence-corrected chi connectivity index (χ1v) is 10.1. The van der Waals surface area contributed by atoms with Gasteiger partial charge in [-0.2, -0.15) is 0 Å². The van der Waals surface area contributed by atoms with Crippen LogP contribution in [0.1, 0.15) is 36.1 Å². The quantitative estimate of drug-likeness (QED) is 0.588. The lowest BCUT2D eigenvalue weighted by Crippen LogP contribution is -2.60. The first kappa shape index (κ1) is 25.2. The van der Waals surface area contributed by atoms with Gasteiger partial charge in [0.05, 0.1) is 12.1 Å². The van der Waals surface area contributed by atoms with Crippen molar-refractivity contribution in [3.8, 4) is 0 Å². The van der Waals surface area contributed by atoms with Crippen LogP contribution >= 0.6 is 0 Å². The summed E-state index contributed by atoms with van der Waals surface area (Å²) < 4.78 is 34.1. The van der Waals surface area contributed by atoms with E-state index in [4.69, 9.17) is 17.5 Å². The van der Waals surface area contributed by atoms with E-state index in [1.165, 1.54) is 22.3 Å². The zero-order chi connectivity index (χ0) is 21.0. The Morgan fingerprint density at radius 3 is 1.26 bits per heavy atom. The van der Waals surface area contributed by atoms with Gasteiger partial charge in [-0.3, -0.25) is 8.42 Å². The molecule has 0 aromatic heterocycles. The maximum absolute atomic E-state index is 8.52. The molecule has 2 rings (SSSR count). The molecule has 7 heteroatoms. The van der Waals surface area contributed by atoms with E-state index in [1.54, 1.807) is 0 Å². The highest BCUT2D eigenvalue weighted by Gasteiger charge is 2.02. The van der Waals surface area contributed by atoms with E-state index >= 15 is 0 Å². The molecule has 152 valence electrons. The molecule has 0 spiro atoms. The van der Waals surface area contributed by atoms with Crippen molar-refractivity contribution in [3.05, 3.63) is 70.8 Å². The molecule has 2 unspecified atom stereocenters. The molecule has 0 bridgehead atoms. The number of aryl methyl sites for hydroxylation is 2. The Morgan fingerprint density at radius 1 is 0.778 bits per heavy atom. The average Bonchev–Trinajstić information content (AvgIpc) is 2.50. The van der Waals surface area contributed by atoms with Crippen molar-refractivity contribution >= 4 is 10.4 Å². The standard InChI is InChI=1S/2C10H15N.H2O4S/c2*1-8-5-3-4-6-10(8)7-9(2)11;1-5(2,3)4/h2*3-6,9H,7,11H2,1-2H3;(H2,1,2,3,4). The largest absolute Gasteiger partial charge is 0.759 e. The summed E-state index contributed by atoms with van der Waals surface area (Å²) in [6, 6.07) is 18.0. The Kier molecular flexibility index (Phi) is 11.8. The van der Waals surface area contributed by atoms with Gasteiger partial charge in [0.25, 0.3) is 0 Å². The monoisotopic (exact) mass is 396 g/mol. The van der Waals surface area contributed by atoms with Crippen LogP contribution in [0.15, 0.2) is 48.5 Å². The van der Waals surface area contributed by atoms with Crippen LogP contribution in [0.5, 0.6) is 0 Å². The fraction of sp³-hybridized carbons (Fsp3) is 0.400. The summed E-state index contributed by atoms with van der Waals surface area (Å²) in [7, 11) is -5.17. The average molecular weight is 397 g/mol. The normalized spacial score (nSPS) is 12.7. The minimum atomic E-state index is -5.17. The van der Waals surface area contributed by atoms with Crippen molar-refractivity contribution in [2.75, 3.05) is 0 Å². The van der Waals surface area contributed by atoms with Gasteiger partial charge in [0.2, 0.25) is 0 Å². The summed E-state index contributed by atoms with van der Waals surface area (Å²) in [4.78, 5) is 0. The van der Waals surface area contributed by atoms with Crippen molar-refractivity contribution < 1.29 is 29.0 Å². The molecule has 6 nitrogen and oxygen atoms in total. The highest BCUT2D eigenvalue weighted by Crippen LogP contribution is 2.08. The summed E-state index contributed by atoms with van der Waals surface area (Å²) in [5, 5.41) is 0. The van der Waals surface area contributed by atoms with E-state index in [0.29, 0.717) is 12.1 Å². The van der Waals surface area contributed by atoms with Gasteiger partial charge >= 0.3 is 0 Å². The molecule has 0 aliphatic heterocycles. The molecule has 2 aromatic carbocycles. The van der Waals surface area contributed by atoms with Crippen LogP contribution in [0, 0.1) is 13.8 Å². The third-order valence-electron chi connectivity index (χ3n) is 3.66. The van der Waals surface area contributed by atoms with Gasteiger partial charge in [0.15, 0.2) is 0 Å². The first-order valence-electron chi connectivity index (χ1n) is 8.82. The molecule has 0 aliphatic rings. The predicted molar refractivity (Wildman–Crippen MR) is 105 cm³/mol. The lowest BCUT2D eigenvalue weighted by Gasteiger charge is -2.06. The molecule has 27 heavy (non-hydrogen) atoms. The Bertz CT molecular complexity index is 716. The van der Waals surface area contributed by atoms with E-state index in [-0.39, 0.29) is 0 Å². The fourth-order valence-electron chi connectivity index (χ4n) is 2.43. The predicted octanol–water partition coefficient (Wildman–Crippen LogP) is 0.998. The zero-order valence-electron chi connectivity index (χ0n) is 16.6.